The molecule has 0 amide bonds. The predicted molar refractivity (Wildman–Crippen MR) is 128 cm³/mol. The van der Waals surface area contributed by atoms with Crippen molar-refractivity contribution in [2.75, 3.05) is 0 Å². The van der Waals surface area contributed by atoms with Crippen molar-refractivity contribution in [2.24, 2.45) is 11.8 Å². The van der Waals surface area contributed by atoms with Crippen molar-refractivity contribution >= 4 is 12.1 Å². The average molecular weight is 451 g/mol. The minimum absolute atomic E-state index is 0.0404. The number of hydrogen-bond acceptors (Lipinski definition) is 5. The number of carbonyl (C=O) groups is 2. The zero-order valence-electron chi connectivity index (χ0n) is 20.4. The molecule has 1 N–H and O–H groups in total. The minimum Gasteiger partial charge on any atom is -0.508 e. The van der Waals surface area contributed by atoms with E-state index in [4.69, 9.17) is 9.47 Å². The van der Waals surface area contributed by atoms with Gasteiger partial charge in [-0.2, -0.15) is 0 Å². The molecule has 0 spiro atoms. The number of ether oxygens (including phenoxy) is 2. The summed E-state index contributed by atoms with van der Waals surface area (Å²) < 4.78 is 12.8. The van der Waals surface area contributed by atoms with Gasteiger partial charge >= 0.3 is 0 Å². The lowest BCUT2D eigenvalue weighted by molar-refractivity contribution is -0.140. The lowest BCUT2D eigenvalue weighted by atomic mass is 9.67. The second-order valence-electron chi connectivity index (χ2n) is 10.7. The average Bonchev–Trinajstić information content (AvgIpc) is 2.97. The van der Waals surface area contributed by atoms with Gasteiger partial charge in [0.25, 0.3) is 0 Å². The summed E-state index contributed by atoms with van der Waals surface area (Å²) in [4.78, 5) is 25.9. The number of ketones is 1. The summed E-state index contributed by atoms with van der Waals surface area (Å²) in [7, 11) is 0. The molecule has 5 heteroatoms. The number of hydrogen-bond donors (Lipinski definition) is 1. The molecule has 5 nitrogen and oxygen atoms in total. The lowest BCUT2D eigenvalue weighted by Gasteiger charge is -2.39. The first-order chi connectivity index (χ1) is 15.5. The Morgan fingerprint density at radius 3 is 2.48 bits per heavy atom. The number of phenols is 1. The van der Waals surface area contributed by atoms with Crippen LogP contribution in [-0.2, 0) is 16.0 Å². The van der Waals surface area contributed by atoms with Crippen molar-refractivity contribution in [1.29, 1.82) is 0 Å². The van der Waals surface area contributed by atoms with Crippen LogP contribution in [0.25, 0.3) is 0 Å². The Kier molecular flexibility index (Phi) is 5.90. The van der Waals surface area contributed by atoms with Gasteiger partial charge in [-0.05, 0) is 66.5 Å². The molecule has 1 fully saturated rings. The molecule has 4 rings (SSSR count). The molecule has 1 aliphatic carbocycles. The smallest absolute Gasteiger partial charge is 0.196 e. The van der Waals surface area contributed by atoms with E-state index in [9.17, 15) is 14.7 Å². The molecule has 2 heterocycles. The molecule has 4 atom stereocenters. The van der Waals surface area contributed by atoms with Gasteiger partial charge in [-0.1, -0.05) is 29.4 Å². The highest BCUT2D eigenvalue weighted by atomic mass is 16.5. The third-order valence-electron chi connectivity index (χ3n) is 7.23. The highest BCUT2D eigenvalue weighted by Crippen LogP contribution is 2.55. The van der Waals surface area contributed by atoms with Crippen molar-refractivity contribution in [3.63, 3.8) is 0 Å². The number of fused-ring (bicyclic) bond motifs is 3. The van der Waals surface area contributed by atoms with Gasteiger partial charge in [-0.25, -0.2) is 0 Å². The Morgan fingerprint density at radius 2 is 1.85 bits per heavy atom. The Morgan fingerprint density at radius 1 is 1.15 bits per heavy atom. The highest BCUT2D eigenvalue weighted by Gasteiger charge is 2.60. The van der Waals surface area contributed by atoms with Crippen molar-refractivity contribution in [3.8, 4) is 11.5 Å². The molecule has 1 aromatic rings. The Labute approximate surface area is 196 Å². The lowest BCUT2D eigenvalue weighted by Crippen LogP contribution is -2.44. The van der Waals surface area contributed by atoms with Crippen LogP contribution >= 0.6 is 0 Å². The topological polar surface area (TPSA) is 72.8 Å². The second kappa shape index (κ2) is 8.28. The summed E-state index contributed by atoms with van der Waals surface area (Å²) in [6, 6.07) is 3.30. The van der Waals surface area contributed by atoms with Crippen LogP contribution < -0.4 is 4.74 Å². The molecule has 0 bridgehead atoms. The predicted octanol–water partition coefficient (Wildman–Crippen LogP) is 5.51. The van der Waals surface area contributed by atoms with Gasteiger partial charge in [0.2, 0.25) is 0 Å². The molecule has 0 aromatic heterocycles. The van der Waals surface area contributed by atoms with Crippen LogP contribution in [-0.4, -0.2) is 34.5 Å². The maximum atomic E-state index is 13.5. The van der Waals surface area contributed by atoms with Crippen LogP contribution in [0.1, 0.15) is 70.3 Å². The van der Waals surface area contributed by atoms with Gasteiger partial charge in [-0.15, -0.1) is 0 Å². The maximum Gasteiger partial charge on any atom is 0.196 e. The van der Waals surface area contributed by atoms with Crippen molar-refractivity contribution in [1.82, 2.24) is 0 Å². The van der Waals surface area contributed by atoms with Crippen LogP contribution in [0.15, 0.2) is 47.1 Å². The number of rotatable bonds is 5. The Bertz CT molecular complexity index is 1080. The molecule has 1 saturated heterocycles. The van der Waals surface area contributed by atoms with E-state index in [1.807, 2.05) is 59.8 Å². The Hall–Kier alpha value is -2.66. The zero-order chi connectivity index (χ0) is 24.1. The van der Waals surface area contributed by atoms with Crippen molar-refractivity contribution in [2.45, 2.75) is 78.1 Å². The van der Waals surface area contributed by atoms with Gasteiger partial charge in [0, 0.05) is 29.4 Å². The number of aromatic hydroxyl groups is 1. The molecule has 1 aromatic carbocycles. The van der Waals surface area contributed by atoms with Crippen LogP contribution in [0.4, 0.5) is 0 Å². The summed E-state index contributed by atoms with van der Waals surface area (Å²) in [6.07, 6.45) is 8.15. The molecule has 0 saturated carbocycles. The number of carbonyl (C=O) groups excluding carboxylic acids is 2. The third kappa shape index (κ3) is 4.08. The first-order valence-corrected chi connectivity index (χ1v) is 11.7. The van der Waals surface area contributed by atoms with Crippen LogP contribution in [0, 0.1) is 11.8 Å². The molecule has 0 radical (unpaired) electrons. The van der Waals surface area contributed by atoms with E-state index < -0.39 is 11.2 Å². The number of aldehydes is 1. The second-order valence-corrected chi connectivity index (χ2v) is 10.7. The van der Waals surface area contributed by atoms with Gasteiger partial charge in [0.1, 0.15) is 23.2 Å². The Balaban J connectivity index is 1.75. The van der Waals surface area contributed by atoms with E-state index in [-0.39, 0.29) is 29.5 Å². The SMILES string of the molecule is CC(C)=CCc1cc2c(cc1O)C(=O)C1=CC3C(CC1O2)C(C)(C)OC3(C=O)CC=C(C)C. The number of phenolic OH excluding ortho intramolecular Hbond substituents is 1. The largest absolute Gasteiger partial charge is 0.508 e. The summed E-state index contributed by atoms with van der Waals surface area (Å²) in [5, 5.41) is 10.5. The van der Waals surface area contributed by atoms with E-state index >= 15 is 0 Å². The summed E-state index contributed by atoms with van der Waals surface area (Å²) in [5.41, 5.74) is 2.41. The molecular weight excluding hydrogens is 416 g/mol. The standard InChI is InChI=1S/C28H34O5/c1-16(2)7-8-18-11-24-20(13-23(18)30)26(31)19-12-22-21(14-25(19)32-24)27(5,6)33-28(22,15-29)10-9-17(3)4/h7,9,11-13,15,21-22,25,30H,8,10,14H2,1-6H3. The van der Waals surface area contributed by atoms with E-state index in [1.165, 1.54) is 6.07 Å². The molecule has 33 heavy (non-hydrogen) atoms. The normalized spacial score (nSPS) is 29.1. The first-order valence-electron chi connectivity index (χ1n) is 11.7. The quantitative estimate of drug-likeness (QED) is 0.473. The summed E-state index contributed by atoms with van der Waals surface area (Å²) in [6.45, 7) is 12.1. The monoisotopic (exact) mass is 450 g/mol. The van der Waals surface area contributed by atoms with Gasteiger partial charge in [0.05, 0.1) is 11.2 Å². The van der Waals surface area contributed by atoms with E-state index in [0.29, 0.717) is 36.1 Å². The molecule has 176 valence electrons. The number of benzene rings is 1. The fourth-order valence-corrected chi connectivity index (χ4v) is 5.45. The highest BCUT2D eigenvalue weighted by molar-refractivity contribution is 6.12. The van der Waals surface area contributed by atoms with E-state index in [2.05, 4.69) is 0 Å². The number of Topliss-reactive ketones (excluding diaryl/α,β-unsaturated/α-hetero) is 1. The maximum absolute atomic E-state index is 13.5. The van der Waals surface area contributed by atoms with Crippen molar-refractivity contribution in [3.05, 3.63) is 58.2 Å². The van der Waals surface area contributed by atoms with Crippen molar-refractivity contribution < 1.29 is 24.2 Å². The third-order valence-corrected chi connectivity index (χ3v) is 7.23. The molecule has 2 aliphatic heterocycles. The number of allylic oxidation sites excluding steroid dienone is 3. The molecule has 3 aliphatic rings. The van der Waals surface area contributed by atoms with E-state index in [1.54, 1.807) is 6.07 Å². The summed E-state index contributed by atoms with van der Waals surface area (Å²) >= 11 is 0. The van der Waals surface area contributed by atoms with Gasteiger partial charge in [0.15, 0.2) is 12.1 Å². The zero-order valence-corrected chi connectivity index (χ0v) is 20.4. The van der Waals surface area contributed by atoms with Crippen LogP contribution in [0.3, 0.4) is 0 Å². The fourth-order valence-electron chi connectivity index (χ4n) is 5.45. The van der Waals surface area contributed by atoms with Crippen LogP contribution in [0.5, 0.6) is 11.5 Å². The molecular formula is C28H34O5. The van der Waals surface area contributed by atoms with Crippen LogP contribution in [0.2, 0.25) is 0 Å². The summed E-state index contributed by atoms with van der Waals surface area (Å²) in [5.74, 6) is 0.283. The fraction of sp³-hybridized carbons (Fsp3) is 0.500. The van der Waals surface area contributed by atoms with Gasteiger partial charge in [-0.3, -0.25) is 4.79 Å². The van der Waals surface area contributed by atoms with Gasteiger partial charge < -0.3 is 19.4 Å². The molecule has 4 unspecified atom stereocenters. The van der Waals surface area contributed by atoms with E-state index in [0.717, 1.165) is 23.0 Å². The minimum atomic E-state index is -1.000. The first kappa shape index (κ1) is 23.5.